The Kier molecular flexibility index (Phi) is 4.39. The Morgan fingerprint density at radius 2 is 2.00 bits per heavy atom. The zero-order chi connectivity index (χ0) is 14.0. The predicted molar refractivity (Wildman–Crippen MR) is 70.5 cm³/mol. The van der Waals surface area contributed by atoms with Crippen LogP contribution in [0.15, 0.2) is 24.3 Å². The Bertz CT molecular complexity index is 628. The summed E-state index contributed by atoms with van der Waals surface area (Å²) < 4.78 is 31.5. The molecule has 2 nitrogen and oxygen atoms in total. The fourth-order valence-corrected chi connectivity index (χ4v) is 2.84. The first-order valence-corrected chi connectivity index (χ1v) is 6.60. The van der Waals surface area contributed by atoms with Crippen LogP contribution in [0.4, 0.5) is 8.78 Å². The van der Waals surface area contributed by atoms with Gasteiger partial charge in [-0.15, -0.1) is 11.3 Å². The third kappa shape index (κ3) is 3.43. The van der Waals surface area contributed by atoms with Crippen LogP contribution in [-0.2, 0) is 0 Å². The molecular formula is C12H6Cl2F2O2S. The molecule has 0 aliphatic carbocycles. The number of carbonyl (C=O) groups excluding carboxylic acids is 1. The molecule has 0 fully saturated rings. The monoisotopic (exact) mass is 322 g/mol. The maximum absolute atomic E-state index is 13.3. The number of hydrogen-bond acceptors (Lipinski definition) is 3. The average Bonchev–Trinajstić information content (AvgIpc) is 2.67. The summed E-state index contributed by atoms with van der Waals surface area (Å²) in [5.74, 6) is -2.23. The predicted octanol–water partition coefficient (Wildman–Crippen LogP) is 4.59. The van der Waals surface area contributed by atoms with Crippen molar-refractivity contribution in [2.45, 2.75) is 0 Å². The number of ether oxygens (including phenoxy) is 1. The molecule has 0 saturated heterocycles. The van der Waals surface area contributed by atoms with Gasteiger partial charge in [-0.1, -0.05) is 23.2 Å². The van der Waals surface area contributed by atoms with E-state index in [1.54, 1.807) is 0 Å². The number of ketones is 1. The second-order valence-electron chi connectivity index (χ2n) is 3.52. The van der Waals surface area contributed by atoms with Crippen molar-refractivity contribution >= 4 is 40.3 Å². The molecule has 0 spiro atoms. The summed E-state index contributed by atoms with van der Waals surface area (Å²) in [7, 11) is 0. The van der Waals surface area contributed by atoms with Crippen molar-refractivity contribution in [3.63, 3.8) is 0 Å². The Morgan fingerprint density at radius 3 is 2.58 bits per heavy atom. The van der Waals surface area contributed by atoms with Crippen molar-refractivity contribution in [2.24, 2.45) is 0 Å². The first-order chi connectivity index (χ1) is 8.97. The van der Waals surface area contributed by atoms with Gasteiger partial charge in [0.2, 0.25) is 5.78 Å². The summed E-state index contributed by atoms with van der Waals surface area (Å²) in [4.78, 5) is 11.8. The van der Waals surface area contributed by atoms with Crippen molar-refractivity contribution in [1.29, 1.82) is 0 Å². The number of benzene rings is 1. The average molecular weight is 323 g/mol. The molecule has 1 aromatic carbocycles. The third-order valence-electron chi connectivity index (χ3n) is 2.21. The fraction of sp³-hybridized carbons (Fsp3) is 0.0833. The minimum Gasteiger partial charge on any atom is -0.482 e. The lowest BCUT2D eigenvalue weighted by atomic mass is 10.2. The van der Waals surface area contributed by atoms with Crippen molar-refractivity contribution in [3.8, 4) is 5.75 Å². The highest BCUT2D eigenvalue weighted by Gasteiger charge is 2.15. The van der Waals surface area contributed by atoms with Gasteiger partial charge in [-0.3, -0.25) is 4.79 Å². The van der Waals surface area contributed by atoms with E-state index in [2.05, 4.69) is 0 Å². The molecule has 1 aromatic heterocycles. The standard InChI is InChI=1S/C12H6Cl2F2O2S/c13-11-4-7(12(14)19-11)9(17)5-18-10-2-1-6(15)3-8(10)16/h1-4H,5H2. The molecule has 2 aromatic rings. The molecule has 0 N–H and O–H groups in total. The Hall–Kier alpha value is -1.17. The molecule has 0 unspecified atom stereocenters. The first-order valence-electron chi connectivity index (χ1n) is 5.03. The van der Waals surface area contributed by atoms with Gasteiger partial charge in [-0.25, -0.2) is 8.78 Å². The van der Waals surface area contributed by atoms with Gasteiger partial charge in [0.05, 0.1) is 9.90 Å². The van der Waals surface area contributed by atoms with Gasteiger partial charge < -0.3 is 4.74 Å². The number of Topliss-reactive ketones (excluding diaryl/α,β-unsaturated/α-hetero) is 1. The summed E-state index contributed by atoms with van der Waals surface area (Å²) in [6, 6.07) is 4.24. The van der Waals surface area contributed by atoms with Gasteiger partial charge in [0.1, 0.15) is 10.2 Å². The minimum absolute atomic E-state index is 0.202. The topological polar surface area (TPSA) is 26.3 Å². The Labute approximate surface area is 121 Å². The van der Waals surface area contributed by atoms with E-state index in [4.69, 9.17) is 27.9 Å². The number of carbonyl (C=O) groups is 1. The highest BCUT2D eigenvalue weighted by molar-refractivity contribution is 7.20. The van der Waals surface area contributed by atoms with Gasteiger partial charge in [0.25, 0.3) is 0 Å². The van der Waals surface area contributed by atoms with Crippen LogP contribution >= 0.6 is 34.5 Å². The Morgan fingerprint density at radius 1 is 1.26 bits per heavy atom. The van der Waals surface area contributed by atoms with Gasteiger partial charge in [0.15, 0.2) is 18.2 Å². The van der Waals surface area contributed by atoms with E-state index in [0.29, 0.717) is 10.4 Å². The molecular weight excluding hydrogens is 317 g/mol. The summed E-state index contributed by atoms with van der Waals surface area (Å²) >= 11 is 12.6. The summed E-state index contributed by atoms with van der Waals surface area (Å²) in [5.41, 5.74) is 0.221. The third-order valence-corrected chi connectivity index (χ3v) is 3.70. The fourth-order valence-electron chi connectivity index (χ4n) is 1.34. The van der Waals surface area contributed by atoms with Crippen LogP contribution in [-0.4, -0.2) is 12.4 Å². The van der Waals surface area contributed by atoms with E-state index < -0.39 is 24.0 Å². The van der Waals surface area contributed by atoms with Gasteiger partial charge in [0, 0.05) is 6.07 Å². The molecule has 19 heavy (non-hydrogen) atoms. The molecule has 0 aliphatic rings. The van der Waals surface area contributed by atoms with E-state index in [1.165, 1.54) is 6.07 Å². The van der Waals surface area contributed by atoms with Gasteiger partial charge in [-0.2, -0.15) is 0 Å². The second kappa shape index (κ2) is 5.86. The zero-order valence-corrected chi connectivity index (χ0v) is 11.6. The van der Waals surface area contributed by atoms with Crippen LogP contribution in [0, 0.1) is 11.6 Å². The highest BCUT2D eigenvalue weighted by atomic mass is 35.5. The summed E-state index contributed by atoms with van der Waals surface area (Å²) in [5, 5.41) is 0. The largest absolute Gasteiger partial charge is 0.482 e. The molecule has 1 heterocycles. The molecule has 100 valence electrons. The molecule has 2 rings (SSSR count). The molecule has 0 radical (unpaired) electrons. The normalized spacial score (nSPS) is 10.5. The lowest BCUT2D eigenvalue weighted by Gasteiger charge is -2.06. The summed E-state index contributed by atoms with van der Waals surface area (Å²) in [6.07, 6.45) is 0. The highest BCUT2D eigenvalue weighted by Crippen LogP contribution is 2.31. The van der Waals surface area contributed by atoms with Crippen LogP contribution in [0.5, 0.6) is 5.75 Å². The van der Waals surface area contributed by atoms with Crippen LogP contribution in [0.1, 0.15) is 10.4 Å². The number of hydrogen-bond donors (Lipinski definition) is 0. The van der Waals surface area contributed by atoms with Gasteiger partial charge >= 0.3 is 0 Å². The second-order valence-corrected chi connectivity index (χ2v) is 5.81. The first kappa shape index (κ1) is 14.2. The van der Waals surface area contributed by atoms with Crippen LogP contribution in [0.25, 0.3) is 0 Å². The quantitative estimate of drug-likeness (QED) is 0.769. The molecule has 0 saturated carbocycles. The zero-order valence-electron chi connectivity index (χ0n) is 9.25. The van der Waals surface area contributed by atoms with E-state index in [9.17, 15) is 13.6 Å². The molecule has 0 bridgehead atoms. The Balaban J connectivity index is 2.06. The van der Waals surface area contributed by atoms with Crippen LogP contribution in [0.3, 0.4) is 0 Å². The van der Waals surface area contributed by atoms with Crippen molar-refractivity contribution < 1.29 is 18.3 Å². The smallest absolute Gasteiger partial charge is 0.202 e. The SMILES string of the molecule is O=C(COc1ccc(F)cc1F)c1cc(Cl)sc1Cl. The lowest BCUT2D eigenvalue weighted by molar-refractivity contribution is 0.0919. The number of rotatable bonds is 4. The van der Waals surface area contributed by atoms with E-state index in [0.717, 1.165) is 23.5 Å². The maximum atomic E-state index is 13.3. The number of halogens is 4. The van der Waals surface area contributed by atoms with Crippen molar-refractivity contribution in [1.82, 2.24) is 0 Å². The molecule has 7 heteroatoms. The van der Waals surface area contributed by atoms with Crippen molar-refractivity contribution in [3.05, 3.63) is 50.1 Å². The van der Waals surface area contributed by atoms with Crippen molar-refractivity contribution in [2.75, 3.05) is 6.61 Å². The van der Waals surface area contributed by atoms with Gasteiger partial charge in [-0.05, 0) is 18.2 Å². The van der Waals surface area contributed by atoms with E-state index >= 15 is 0 Å². The lowest BCUT2D eigenvalue weighted by Crippen LogP contribution is -2.11. The van der Waals surface area contributed by atoms with Crippen LogP contribution in [0.2, 0.25) is 8.67 Å². The number of thiophene rings is 1. The molecule has 0 aliphatic heterocycles. The van der Waals surface area contributed by atoms with E-state index in [-0.39, 0.29) is 15.6 Å². The maximum Gasteiger partial charge on any atom is 0.202 e. The van der Waals surface area contributed by atoms with E-state index in [1.807, 2.05) is 0 Å². The molecule has 0 amide bonds. The minimum atomic E-state index is -0.873. The van der Waals surface area contributed by atoms with Crippen LogP contribution < -0.4 is 4.74 Å². The summed E-state index contributed by atoms with van der Waals surface area (Å²) in [6.45, 7) is -0.407. The molecule has 0 atom stereocenters.